The molecule has 1 N–H and O–H groups in total. The van der Waals surface area contributed by atoms with Crippen molar-refractivity contribution in [1.29, 1.82) is 0 Å². The number of ether oxygens (including phenoxy) is 2. The Morgan fingerprint density at radius 3 is 2.38 bits per heavy atom. The number of aliphatic hydroxyl groups excluding tert-OH is 1. The van der Waals surface area contributed by atoms with Crippen LogP contribution in [0.4, 0.5) is 0 Å². The molecule has 72 valence electrons. The molecule has 0 aliphatic heterocycles. The fraction of sp³-hybridized carbons (Fsp3) is 0.500. The highest BCUT2D eigenvalue weighted by atomic mass is 16.5. The molecule has 1 heterocycles. The predicted octanol–water partition coefficient (Wildman–Crippen LogP) is 0.547. The van der Waals surface area contributed by atoms with Crippen LogP contribution in [0.15, 0.2) is 6.20 Å². The van der Waals surface area contributed by atoms with E-state index in [0.29, 0.717) is 11.6 Å². The van der Waals surface area contributed by atoms with Gasteiger partial charge in [0.1, 0.15) is 0 Å². The van der Waals surface area contributed by atoms with Crippen molar-refractivity contribution in [3.63, 3.8) is 0 Å². The van der Waals surface area contributed by atoms with Gasteiger partial charge in [0, 0.05) is 0 Å². The molecule has 1 aromatic heterocycles. The largest absolute Gasteiger partial charge is 0.477 e. The van der Waals surface area contributed by atoms with Crippen LogP contribution in [0.2, 0.25) is 0 Å². The lowest BCUT2D eigenvalue weighted by atomic mass is 10.3. The van der Waals surface area contributed by atoms with Crippen molar-refractivity contribution >= 4 is 0 Å². The van der Waals surface area contributed by atoms with Crippen molar-refractivity contribution in [2.75, 3.05) is 14.2 Å². The van der Waals surface area contributed by atoms with Gasteiger partial charge in [0.2, 0.25) is 0 Å². The maximum Gasteiger partial charge on any atom is 0.278 e. The minimum atomic E-state index is -0.660. The smallest absolute Gasteiger partial charge is 0.278 e. The van der Waals surface area contributed by atoms with E-state index in [2.05, 4.69) is 9.97 Å². The monoisotopic (exact) mass is 184 g/mol. The zero-order chi connectivity index (χ0) is 9.84. The molecule has 0 aromatic carbocycles. The summed E-state index contributed by atoms with van der Waals surface area (Å²) >= 11 is 0. The maximum atomic E-state index is 9.21. The Morgan fingerprint density at radius 2 is 1.92 bits per heavy atom. The second-order valence-electron chi connectivity index (χ2n) is 2.49. The molecule has 5 heteroatoms. The van der Waals surface area contributed by atoms with Gasteiger partial charge in [-0.3, -0.25) is 0 Å². The van der Waals surface area contributed by atoms with Crippen LogP contribution in [0.3, 0.4) is 0 Å². The SMILES string of the molecule is COc1ncc(C(C)O)nc1OC. The molecule has 0 saturated carbocycles. The standard InChI is InChI=1S/C8H12N2O3/c1-5(11)6-4-9-7(12-2)8(10-6)13-3/h4-5,11H,1-3H3. The molecule has 0 aliphatic carbocycles. The highest BCUT2D eigenvalue weighted by Crippen LogP contribution is 2.22. The van der Waals surface area contributed by atoms with Crippen LogP contribution in [0.5, 0.6) is 11.8 Å². The van der Waals surface area contributed by atoms with E-state index in [1.54, 1.807) is 6.92 Å². The van der Waals surface area contributed by atoms with E-state index in [1.807, 2.05) is 0 Å². The van der Waals surface area contributed by atoms with Gasteiger partial charge in [-0.25, -0.2) is 9.97 Å². The molecule has 0 bridgehead atoms. The fourth-order valence-corrected chi connectivity index (χ4v) is 0.848. The first-order chi connectivity index (χ1) is 6.19. The molecule has 0 saturated heterocycles. The van der Waals surface area contributed by atoms with Gasteiger partial charge in [0.05, 0.1) is 32.2 Å². The minimum Gasteiger partial charge on any atom is -0.477 e. The van der Waals surface area contributed by atoms with E-state index >= 15 is 0 Å². The first kappa shape index (κ1) is 9.73. The van der Waals surface area contributed by atoms with Crippen molar-refractivity contribution in [3.8, 4) is 11.8 Å². The predicted molar refractivity (Wildman–Crippen MR) is 45.8 cm³/mol. The molecule has 0 radical (unpaired) electrons. The zero-order valence-corrected chi connectivity index (χ0v) is 7.81. The number of methoxy groups -OCH3 is 2. The number of aliphatic hydroxyl groups is 1. The Hall–Kier alpha value is -1.36. The highest BCUT2D eigenvalue weighted by Gasteiger charge is 2.10. The molecule has 1 aromatic rings. The van der Waals surface area contributed by atoms with Gasteiger partial charge >= 0.3 is 0 Å². The molecule has 0 amide bonds. The number of hydrogen-bond donors (Lipinski definition) is 1. The van der Waals surface area contributed by atoms with Crippen molar-refractivity contribution in [3.05, 3.63) is 11.9 Å². The second kappa shape index (κ2) is 4.04. The van der Waals surface area contributed by atoms with Crippen molar-refractivity contribution in [2.24, 2.45) is 0 Å². The van der Waals surface area contributed by atoms with Crippen LogP contribution >= 0.6 is 0 Å². The van der Waals surface area contributed by atoms with Crippen LogP contribution in [-0.4, -0.2) is 29.3 Å². The highest BCUT2D eigenvalue weighted by molar-refractivity contribution is 5.26. The van der Waals surface area contributed by atoms with Crippen molar-refractivity contribution in [1.82, 2.24) is 9.97 Å². The summed E-state index contributed by atoms with van der Waals surface area (Å²) in [5.41, 5.74) is 0.456. The maximum absolute atomic E-state index is 9.21. The van der Waals surface area contributed by atoms with Gasteiger partial charge in [-0.15, -0.1) is 0 Å². The Balaban J connectivity index is 3.05. The molecule has 0 aliphatic rings. The number of nitrogens with zero attached hydrogens (tertiary/aromatic N) is 2. The number of rotatable bonds is 3. The van der Waals surface area contributed by atoms with Crippen LogP contribution in [0.1, 0.15) is 18.7 Å². The molecule has 1 atom stereocenters. The van der Waals surface area contributed by atoms with E-state index in [1.165, 1.54) is 20.4 Å². The first-order valence-corrected chi connectivity index (χ1v) is 3.82. The summed E-state index contributed by atoms with van der Waals surface area (Å²) in [5.74, 6) is 0.591. The topological polar surface area (TPSA) is 64.5 Å². The van der Waals surface area contributed by atoms with Gasteiger partial charge in [-0.2, -0.15) is 0 Å². The summed E-state index contributed by atoms with van der Waals surface area (Å²) in [5, 5.41) is 9.21. The summed E-state index contributed by atoms with van der Waals surface area (Å²) in [6, 6.07) is 0. The lowest BCUT2D eigenvalue weighted by Gasteiger charge is -2.08. The lowest BCUT2D eigenvalue weighted by Crippen LogP contribution is -2.02. The molecular formula is C8H12N2O3. The van der Waals surface area contributed by atoms with Crippen molar-refractivity contribution in [2.45, 2.75) is 13.0 Å². The number of hydrogen-bond acceptors (Lipinski definition) is 5. The lowest BCUT2D eigenvalue weighted by molar-refractivity contribution is 0.191. The Kier molecular flexibility index (Phi) is 3.02. The minimum absolute atomic E-state index is 0.279. The van der Waals surface area contributed by atoms with E-state index in [9.17, 15) is 5.11 Å². The van der Waals surface area contributed by atoms with Crippen LogP contribution < -0.4 is 9.47 Å². The summed E-state index contributed by atoms with van der Waals surface area (Å²) in [6.07, 6.45) is 0.791. The normalized spacial score (nSPS) is 12.3. The van der Waals surface area contributed by atoms with E-state index in [4.69, 9.17) is 9.47 Å². The van der Waals surface area contributed by atoms with Gasteiger partial charge < -0.3 is 14.6 Å². The van der Waals surface area contributed by atoms with E-state index in [-0.39, 0.29) is 5.88 Å². The quantitative estimate of drug-likeness (QED) is 0.743. The van der Waals surface area contributed by atoms with Gasteiger partial charge in [-0.1, -0.05) is 0 Å². The first-order valence-electron chi connectivity index (χ1n) is 3.82. The molecule has 5 nitrogen and oxygen atoms in total. The molecule has 0 fully saturated rings. The third-order valence-electron chi connectivity index (χ3n) is 1.54. The van der Waals surface area contributed by atoms with Crippen molar-refractivity contribution < 1.29 is 14.6 Å². The van der Waals surface area contributed by atoms with Crippen LogP contribution in [-0.2, 0) is 0 Å². The summed E-state index contributed by atoms with van der Waals surface area (Å²) in [4.78, 5) is 7.92. The fourth-order valence-electron chi connectivity index (χ4n) is 0.848. The molecule has 1 unspecified atom stereocenters. The number of aromatic nitrogens is 2. The Bertz CT molecular complexity index is 289. The van der Waals surface area contributed by atoms with Gasteiger partial charge in [0.15, 0.2) is 0 Å². The van der Waals surface area contributed by atoms with Crippen LogP contribution in [0, 0.1) is 0 Å². The van der Waals surface area contributed by atoms with Gasteiger partial charge in [-0.05, 0) is 6.92 Å². The summed E-state index contributed by atoms with van der Waals surface area (Å²) in [7, 11) is 2.95. The van der Waals surface area contributed by atoms with E-state index < -0.39 is 6.10 Å². The third-order valence-corrected chi connectivity index (χ3v) is 1.54. The summed E-state index contributed by atoms with van der Waals surface area (Å²) < 4.78 is 9.81. The Labute approximate surface area is 76.4 Å². The van der Waals surface area contributed by atoms with Crippen LogP contribution in [0.25, 0.3) is 0 Å². The average Bonchev–Trinajstić information content (AvgIpc) is 2.16. The Morgan fingerprint density at radius 1 is 1.31 bits per heavy atom. The van der Waals surface area contributed by atoms with E-state index in [0.717, 1.165) is 0 Å². The molecule has 13 heavy (non-hydrogen) atoms. The second-order valence-corrected chi connectivity index (χ2v) is 2.49. The molecule has 1 rings (SSSR count). The average molecular weight is 184 g/mol. The zero-order valence-electron chi connectivity index (χ0n) is 7.81. The molecule has 0 spiro atoms. The summed E-state index contributed by atoms with van der Waals surface area (Å²) in [6.45, 7) is 1.61. The van der Waals surface area contributed by atoms with Gasteiger partial charge in [0.25, 0.3) is 11.8 Å². The molecular weight excluding hydrogens is 172 g/mol. The third kappa shape index (κ3) is 2.06.